The second kappa shape index (κ2) is 2.58. The van der Waals surface area contributed by atoms with Gasteiger partial charge in [0, 0.05) is 6.21 Å². The molecule has 0 aliphatic carbocycles. The molecule has 1 N–H and O–H groups in total. The summed E-state index contributed by atoms with van der Waals surface area (Å²) in [5, 5.41) is 3.00. The van der Waals surface area contributed by atoms with Crippen molar-refractivity contribution in [2.24, 2.45) is 4.99 Å². The average molecular weight is 170 g/mol. The number of amides is 1. The van der Waals surface area contributed by atoms with Crippen LogP contribution in [0.3, 0.4) is 0 Å². The first-order valence-corrected chi connectivity index (χ1v) is 4.15. The highest BCUT2D eigenvalue weighted by atomic mass is 32.2. The summed E-state index contributed by atoms with van der Waals surface area (Å²) in [5.41, 5.74) is 0. The highest BCUT2D eigenvalue weighted by molar-refractivity contribution is 8.04. The van der Waals surface area contributed by atoms with Crippen molar-refractivity contribution >= 4 is 23.9 Å². The standard InChI is InChI=1S/C6H6N2O2S/c9-5-2-10-6-4(1-7-5)11-3-8-6/h1,8H,2-3H2. The van der Waals surface area contributed by atoms with Crippen molar-refractivity contribution in [1.29, 1.82) is 0 Å². The van der Waals surface area contributed by atoms with Gasteiger partial charge in [0.05, 0.1) is 10.8 Å². The van der Waals surface area contributed by atoms with Gasteiger partial charge in [0.1, 0.15) is 0 Å². The molecule has 0 radical (unpaired) electrons. The Bertz CT molecular complexity index is 259. The molecule has 0 saturated carbocycles. The molecular weight excluding hydrogens is 164 g/mol. The van der Waals surface area contributed by atoms with Crippen molar-refractivity contribution in [3.63, 3.8) is 0 Å². The van der Waals surface area contributed by atoms with Gasteiger partial charge in [-0.05, 0) is 0 Å². The molecule has 5 heteroatoms. The number of carbonyl (C=O) groups excluding carboxylic acids is 1. The van der Waals surface area contributed by atoms with E-state index in [1.807, 2.05) is 0 Å². The molecule has 0 fully saturated rings. The molecule has 0 unspecified atom stereocenters. The summed E-state index contributed by atoms with van der Waals surface area (Å²) < 4.78 is 5.11. The van der Waals surface area contributed by atoms with Crippen LogP contribution in [0.5, 0.6) is 0 Å². The number of nitrogens with one attached hydrogen (secondary N) is 1. The van der Waals surface area contributed by atoms with Gasteiger partial charge in [-0.25, -0.2) is 4.99 Å². The quantitative estimate of drug-likeness (QED) is 0.559. The maximum absolute atomic E-state index is 10.7. The van der Waals surface area contributed by atoms with Crippen LogP contribution in [-0.2, 0) is 9.53 Å². The second-order valence-corrected chi connectivity index (χ2v) is 3.12. The largest absolute Gasteiger partial charge is 0.468 e. The van der Waals surface area contributed by atoms with Crippen LogP contribution in [0.25, 0.3) is 0 Å². The zero-order valence-electron chi connectivity index (χ0n) is 5.66. The molecule has 1 amide bonds. The van der Waals surface area contributed by atoms with Crippen LogP contribution in [-0.4, -0.2) is 24.6 Å². The Kier molecular flexibility index (Phi) is 1.58. The summed E-state index contributed by atoms with van der Waals surface area (Å²) in [6, 6.07) is 0. The number of aliphatic imine (C=N–C) groups is 1. The van der Waals surface area contributed by atoms with Gasteiger partial charge in [0.25, 0.3) is 5.91 Å². The van der Waals surface area contributed by atoms with E-state index in [1.54, 1.807) is 18.0 Å². The lowest BCUT2D eigenvalue weighted by Crippen LogP contribution is -2.12. The lowest BCUT2D eigenvalue weighted by molar-refractivity contribution is -0.121. The molecule has 0 aromatic carbocycles. The maximum atomic E-state index is 10.7. The van der Waals surface area contributed by atoms with Crippen molar-refractivity contribution in [3.05, 3.63) is 10.8 Å². The molecule has 0 aromatic rings. The Morgan fingerprint density at radius 2 is 2.64 bits per heavy atom. The third kappa shape index (κ3) is 1.23. The smallest absolute Gasteiger partial charge is 0.283 e. The molecule has 0 bridgehead atoms. The normalized spacial score (nSPS) is 22.4. The van der Waals surface area contributed by atoms with Gasteiger partial charge >= 0.3 is 0 Å². The van der Waals surface area contributed by atoms with E-state index in [9.17, 15) is 4.79 Å². The van der Waals surface area contributed by atoms with Crippen LogP contribution in [0.2, 0.25) is 0 Å². The fraction of sp³-hybridized carbons (Fsp3) is 0.333. The van der Waals surface area contributed by atoms with Crippen molar-refractivity contribution in [2.45, 2.75) is 0 Å². The molecule has 2 rings (SSSR count). The summed E-state index contributed by atoms with van der Waals surface area (Å²) in [4.78, 5) is 15.3. The number of ether oxygens (including phenoxy) is 1. The molecule has 2 heterocycles. The van der Waals surface area contributed by atoms with Gasteiger partial charge in [0.15, 0.2) is 6.61 Å². The predicted molar refractivity (Wildman–Crippen MR) is 42.1 cm³/mol. The number of hydrogen-bond donors (Lipinski definition) is 1. The number of thioether (sulfide) groups is 1. The van der Waals surface area contributed by atoms with E-state index in [0.29, 0.717) is 5.88 Å². The van der Waals surface area contributed by atoms with Gasteiger partial charge in [0.2, 0.25) is 5.88 Å². The third-order valence-electron chi connectivity index (χ3n) is 1.35. The Labute approximate surface area is 67.7 Å². The SMILES string of the molecule is O=C1COC2=C(C=N1)SCN2. The molecule has 0 saturated heterocycles. The highest BCUT2D eigenvalue weighted by Gasteiger charge is 2.18. The molecular formula is C6H6N2O2S. The Balaban J connectivity index is 2.25. The van der Waals surface area contributed by atoms with E-state index in [0.717, 1.165) is 10.8 Å². The van der Waals surface area contributed by atoms with E-state index < -0.39 is 0 Å². The number of nitrogens with zero attached hydrogens (tertiary/aromatic N) is 1. The Morgan fingerprint density at radius 3 is 3.55 bits per heavy atom. The van der Waals surface area contributed by atoms with Gasteiger partial charge in [-0.3, -0.25) is 4.79 Å². The number of hydrogen-bond acceptors (Lipinski definition) is 4. The summed E-state index contributed by atoms with van der Waals surface area (Å²) in [6.07, 6.45) is 1.55. The molecule has 0 aromatic heterocycles. The number of allylic oxidation sites excluding steroid dienone is 1. The molecule has 2 aliphatic rings. The van der Waals surface area contributed by atoms with Crippen LogP contribution in [0.1, 0.15) is 0 Å². The molecule has 2 aliphatic heterocycles. The fourth-order valence-electron chi connectivity index (χ4n) is 0.852. The molecule has 0 spiro atoms. The van der Waals surface area contributed by atoms with Crippen LogP contribution >= 0.6 is 11.8 Å². The van der Waals surface area contributed by atoms with Crippen molar-refractivity contribution < 1.29 is 9.53 Å². The molecule has 0 atom stereocenters. The summed E-state index contributed by atoms with van der Waals surface area (Å²) in [6.45, 7) is 0.0445. The Hall–Kier alpha value is -0.970. The first-order valence-electron chi connectivity index (χ1n) is 3.17. The van der Waals surface area contributed by atoms with Gasteiger partial charge in [-0.15, -0.1) is 0 Å². The highest BCUT2D eigenvalue weighted by Crippen LogP contribution is 2.24. The van der Waals surface area contributed by atoms with E-state index in [1.165, 1.54) is 0 Å². The minimum Gasteiger partial charge on any atom is -0.468 e. The van der Waals surface area contributed by atoms with Gasteiger partial charge in [-0.2, -0.15) is 0 Å². The molecule has 58 valence electrons. The molecule has 4 nitrogen and oxygen atoms in total. The van der Waals surface area contributed by atoms with E-state index in [2.05, 4.69) is 10.3 Å². The maximum Gasteiger partial charge on any atom is 0.283 e. The van der Waals surface area contributed by atoms with E-state index in [-0.39, 0.29) is 12.5 Å². The minimum absolute atomic E-state index is 0.0445. The van der Waals surface area contributed by atoms with Crippen LogP contribution < -0.4 is 5.32 Å². The average Bonchev–Trinajstić information content (AvgIpc) is 2.38. The van der Waals surface area contributed by atoms with Gasteiger partial charge in [-0.1, -0.05) is 11.8 Å². The van der Waals surface area contributed by atoms with Crippen LogP contribution in [0.15, 0.2) is 15.8 Å². The first kappa shape index (κ1) is 6.72. The van der Waals surface area contributed by atoms with Crippen molar-refractivity contribution in [1.82, 2.24) is 5.32 Å². The summed E-state index contributed by atoms with van der Waals surface area (Å²) in [7, 11) is 0. The van der Waals surface area contributed by atoms with Crippen molar-refractivity contribution in [2.75, 3.05) is 12.5 Å². The topological polar surface area (TPSA) is 50.7 Å². The van der Waals surface area contributed by atoms with E-state index >= 15 is 0 Å². The van der Waals surface area contributed by atoms with E-state index in [4.69, 9.17) is 4.74 Å². The fourth-order valence-corrected chi connectivity index (χ4v) is 1.60. The number of rotatable bonds is 0. The summed E-state index contributed by atoms with van der Waals surface area (Å²) >= 11 is 1.58. The van der Waals surface area contributed by atoms with Gasteiger partial charge < -0.3 is 10.1 Å². The monoisotopic (exact) mass is 170 g/mol. The van der Waals surface area contributed by atoms with Crippen molar-refractivity contribution in [3.8, 4) is 0 Å². The Morgan fingerprint density at radius 1 is 1.73 bits per heavy atom. The summed E-state index contributed by atoms with van der Waals surface area (Å²) in [5.74, 6) is 1.25. The molecule has 11 heavy (non-hydrogen) atoms. The zero-order chi connectivity index (χ0) is 7.68. The second-order valence-electron chi connectivity index (χ2n) is 2.10. The third-order valence-corrected chi connectivity index (χ3v) is 2.24. The minimum atomic E-state index is -0.234. The van der Waals surface area contributed by atoms with Crippen LogP contribution in [0.4, 0.5) is 0 Å². The first-order chi connectivity index (χ1) is 5.36. The van der Waals surface area contributed by atoms with Crippen LogP contribution in [0, 0.1) is 0 Å². The predicted octanol–water partition coefficient (Wildman–Crippen LogP) is 0.0770. The zero-order valence-corrected chi connectivity index (χ0v) is 6.48. The lowest BCUT2D eigenvalue weighted by atomic mass is 10.6. The lowest BCUT2D eigenvalue weighted by Gasteiger charge is -2.02. The number of carbonyl (C=O) groups is 1.